The third-order valence-corrected chi connectivity index (χ3v) is 4.22. The van der Waals surface area contributed by atoms with E-state index in [4.69, 9.17) is 9.84 Å². The first kappa shape index (κ1) is 15.0. The summed E-state index contributed by atoms with van der Waals surface area (Å²) in [4.78, 5) is 22.5. The van der Waals surface area contributed by atoms with Gasteiger partial charge in [0, 0.05) is 20.1 Å². The summed E-state index contributed by atoms with van der Waals surface area (Å²) in [5.74, 6) is -1.10. The Morgan fingerprint density at radius 1 is 1.61 bits per heavy atom. The predicted molar refractivity (Wildman–Crippen MR) is 71.1 cm³/mol. The molecule has 0 aliphatic rings. The molecule has 0 radical (unpaired) electrons. The molecule has 100 valence electrons. The van der Waals surface area contributed by atoms with Crippen LogP contribution in [0.2, 0.25) is 0 Å². The summed E-state index contributed by atoms with van der Waals surface area (Å²) >= 11 is 2.95. The van der Waals surface area contributed by atoms with E-state index in [1.807, 2.05) is 17.5 Å². The maximum Gasteiger partial charge on any atom is 0.326 e. The second-order valence-corrected chi connectivity index (χ2v) is 5.68. The number of rotatable bonds is 8. The van der Waals surface area contributed by atoms with Gasteiger partial charge in [0.1, 0.15) is 6.04 Å². The monoisotopic (exact) mass is 289 g/mol. The number of aliphatic carboxylic acids is 1. The van der Waals surface area contributed by atoms with Crippen LogP contribution < -0.4 is 5.32 Å². The van der Waals surface area contributed by atoms with Crippen molar-refractivity contribution in [1.82, 2.24) is 5.32 Å². The molecule has 0 aliphatic heterocycles. The van der Waals surface area contributed by atoms with Gasteiger partial charge in [-0.3, -0.25) is 4.79 Å². The minimum atomic E-state index is -1.04. The standard InChI is InChI=1S/C11H15NO4S2/c1-16-5-4-8(11(14)15)12-9(13)7-18-10-3-2-6-17-10/h2-3,6,8H,4-5,7H2,1H3,(H,12,13)(H,14,15). The first-order valence-electron chi connectivity index (χ1n) is 5.31. The summed E-state index contributed by atoms with van der Waals surface area (Å²) in [6.45, 7) is 0.301. The highest BCUT2D eigenvalue weighted by atomic mass is 32.2. The van der Waals surface area contributed by atoms with Crippen LogP contribution in [-0.2, 0) is 14.3 Å². The van der Waals surface area contributed by atoms with E-state index >= 15 is 0 Å². The van der Waals surface area contributed by atoms with Gasteiger partial charge in [0.2, 0.25) is 5.91 Å². The van der Waals surface area contributed by atoms with Gasteiger partial charge in [-0.05, 0) is 11.4 Å². The van der Waals surface area contributed by atoms with E-state index in [0.29, 0.717) is 6.61 Å². The molecule has 0 saturated heterocycles. The van der Waals surface area contributed by atoms with Crippen molar-refractivity contribution in [3.63, 3.8) is 0 Å². The van der Waals surface area contributed by atoms with Crippen molar-refractivity contribution >= 4 is 35.0 Å². The molecule has 0 bridgehead atoms. The Hall–Kier alpha value is -1.05. The SMILES string of the molecule is COCCC(NC(=O)CSc1cccs1)C(=O)O. The van der Waals surface area contributed by atoms with Crippen LogP contribution in [0.1, 0.15) is 6.42 Å². The molecule has 0 saturated carbocycles. The van der Waals surface area contributed by atoms with Crippen molar-refractivity contribution < 1.29 is 19.4 Å². The highest BCUT2D eigenvalue weighted by molar-refractivity contribution is 8.01. The fourth-order valence-corrected chi connectivity index (χ4v) is 2.81. The number of ether oxygens (including phenoxy) is 1. The van der Waals surface area contributed by atoms with Crippen LogP contribution in [0.4, 0.5) is 0 Å². The number of nitrogens with one attached hydrogen (secondary N) is 1. The molecule has 0 aromatic carbocycles. The van der Waals surface area contributed by atoms with Gasteiger partial charge >= 0.3 is 5.97 Å². The normalized spacial score (nSPS) is 12.1. The average Bonchev–Trinajstić information content (AvgIpc) is 2.84. The third kappa shape index (κ3) is 5.52. The fraction of sp³-hybridized carbons (Fsp3) is 0.455. The maximum atomic E-state index is 11.6. The highest BCUT2D eigenvalue weighted by Crippen LogP contribution is 2.22. The molecule has 1 aromatic rings. The number of carboxylic acids is 1. The van der Waals surface area contributed by atoms with Crippen molar-refractivity contribution in [3.8, 4) is 0 Å². The van der Waals surface area contributed by atoms with Crippen LogP contribution >= 0.6 is 23.1 Å². The minimum Gasteiger partial charge on any atom is -0.480 e. The molecule has 1 rings (SSSR count). The number of thiophene rings is 1. The number of carbonyl (C=O) groups is 2. The van der Waals surface area contributed by atoms with Crippen molar-refractivity contribution in [2.45, 2.75) is 16.7 Å². The van der Waals surface area contributed by atoms with Crippen LogP contribution in [-0.4, -0.2) is 42.5 Å². The second kappa shape index (κ2) is 8.12. The van der Waals surface area contributed by atoms with Gasteiger partial charge in [0.15, 0.2) is 0 Å². The molecule has 5 nitrogen and oxygen atoms in total. The number of amides is 1. The van der Waals surface area contributed by atoms with E-state index < -0.39 is 12.0 Å². The Balaban J connectivity index is 2.34. The molecule has 18 heavy (non-hydrogen) atoms. The summed E-state index contributed by atoms with van der Waals surface area (Å²) in [5.41, 5.74) is 0. The summed E-state index contributed by atoms with van der Waals surface area (Å²) < 4.78 is 5.84. The van der Waals surface area contributed by atoms with E-state index in [2.05, 4.69) is 5.32 Å². The lowest BCUT2D eigenvalue weighted by atomic mass is 10.2. The van der Waals surface area contributed by atoms with Crippen molar-refractivity contribution in [3.05, 3.63) is 17.5 Å². The second-order valence-electron chi connectivity index (χ2n) is 3.46. The largest absolute Gasteiger partial charge is 0.480 e. The van der Waals surface area contributed by atoms with Gasteiger partial charge < -0.3 is 15.2 Å². The predicted octanol–water partition coefficient (Wildman–Crippen LogP) is 1.45. The summed E-state index contributed by atoms with van der Waals surface area (Å²) in [6, 6.07) is 2.94. The molecule has 1 aromatic heterocycles. The Labute approximate surface area is 114 Å². The molecular formula is C11H15NO4S2. The molecule has 1 heterocycles. The van der Waals surface area contributed by atoms with Gasteiger partial charge in [-0.25, -0.2) is 4.79 Å². The average molecular weight is 289 g/mol. The Morgan fingerprint density at radius 2 is 2.39 bits per heavy atom. The molecule has 0 spiro atoms. The molecule has 0 aliphatic carbocycles. The molecule has 1 unspecified atom stereocenters. The highest BCUT2D eigenvalue weighted by Gasteiger charge is 2.19. The van der Waals surface area contributed by atoms with E-state index in [-0.39, 0.29) is 18.1 Å². The number of methoxy groups -OCH3 is 1. The summed E-state index contributed by atoms with van der Waals surface area (Å²) in [7, 11) is 1.49. The zero-order valence-electron chi connectivity index (χ0n) is 9.92. The van der Waals surface area contributed by atoms with Gasteiger partial charge in [0.05, 0.1) is 9.96 Å². The van der Waals surface area contributed by atoms with E-state index in [9.17, 15) is 9.59 Å². The van der Waals surface area contributed by atoms with Gasteiger partial charge in [0.25, 0.3) is 0 Å². The Bertz CT molecular complexity index is 380. The van der Waals surface area contributed by atoms with Crippen LogP contribution in [0.15, 0.2) is 21.7 Å². The van der Waals surface area contributed by atoms with Crippen LogP contribution in [0.5, 0.6) is 0 Å². The molecule has 2 N–H and O–H groups in total. The van der Waals surface area contributed by atoms with Crippen molar-refractivity contribution in [2.24, 2.45) is 0 Å². The van der Waals surface area contributed by atoms with E-state index in [1.54, 1.807) is 11.3 Å². The first-order valence-corrected chi connectivity index (χ1v) is 7.17. The van der Waals surface area contributed by atoms with Gasteiger partial charge in [-0.2, -0.15) is 0 Å². The molecular weight excluding hydrogens is 274 g/mol. The topological polar surface area (TPSA) is 75.6 Å². The summed E-state index contributed by atoms with van der Waals surface area (Å²) in [5, 5.41) is 13.3. The van der Waals surface area contributed by atoms with Crippen LogP contribution in [0, 0.1) is 0 Å². The zero-order chi connectivity index (χ0) is 13.4. The summed E-state index contributed by atoms with van der Waals surface area (Å²) in [6.07, 6.45) is 0.265. The lowest BCUT2D eigenvalue weighted by Crippen LogP contribution is -2.42. The first-order chi connectivity index (χ1) is 8.63. The van der Waals surface area contributed by atoms with Crippen LogP contribution in [0.3, 0.4) is 0 Å². The van der Waals surface area contributed by atoms with Crippen molar-refractivity contribution in [1.29, 1.82) is 0 Å². The number of hydrogen-bond donors (Lipinski definition) is 2. The van der Waals surface area contributed by atoms with Crippen LogP contribution in [0.25, 0.3) is 0 Å². The zero-order valence-corrected chi connectivity index (χ0v) is 11.6. The lowest BCUT2D eigenvalue weighted by Gasteiger charge is -2.13. The number of carbonyl (C=O) groups excluding carboxylic acids is 1. The number of carboxylic acid groups (broad SMARTS) is 1. The fourth-order valence-electron chi connectivity index (χ4n) is 1.21. The van der Waals surface area contributed by atoms with E-state index in [0.717, 1.165) is 4.21 Å². The Kier molecular flexibility index (Phi) is 6.77. The number of hydrogen-bond acceptors (Lipinski definition) is 5. The lowest BCUT2D eigenvalue weighted by molar-refractivity contribution is -0.142. The van der Waals surface area contributed by atoms with Crippen molar-refractivity contribution in [2.75, 3.05) is 19.5 Å². The van der Waals surface area contributed by atoms with E-state index in [1.165, 1.54) is 18.9 Å². The van der Waals surface area contributed by atoms with Gasteiger partial charge in [-0.1, -0.05) is 6.07 Å². The smallest absolute Gasteiger partial charge is 0.326 e. The Morgan fingerprint density at radius 3 is 2.94 bits per heavy atom. The molecule has 1 amide bonds. The quantitative estimate of drug-likeness (QED) is 0.708. The molecule has 7 heteroatoms. The number of thioether (sulfide) groups is 1. The minimum absolute atomic E-state index is 0.220. The molecule has 1 atom stereocenters. The maximum absolute atomic E-state index is 11.6. The molecule has 0 fully saturated rings. The van der Waals surface area contributed by atoms with Gasteiger partial charge in [-0.15, -0.1) is 23.1 Å². The third-order valence-electron chi connectivity index (χ3n) is 2.08.